The van der Waals surface area contributed by atoms with Crippen molar-refractivity contribution in [3.8, 4) is 22.3 Å². The first-order valence-electron chi connectivity index (χ1n) is 9.25. The average molecular weight is 401 g/mol. The van der Waals surface area contributed by atoms with Crippen LogP contribution in [0.15, 0.2) is 79.3 Å². The fraction of sp³-hybridized carbons (Fsp3) is 0.0417. The number of nitrogens with one attached hydrogen (secondary N) is 1. The summed E-state index contributed by atoms with van der Waals surface area (Å²) in [6.45, 7) is 2.01. The summed E-state index contributed by atoms with van der Waals surface area (Å²) in [5.41, 5.74) is 4.76. The Labute approximate surface area is 172 Å². The number of hydrogen-bond donors (Lipinski definition) is 1. The third kappa shape index (κ3) is 4.07. The molecule has 6 heteroatoms. The van der Waals surface area contributed by atoms with E-state index in [4.69, 9.17) is 0 Å². The van der Waals surface area contributed by atoms with Crippen molar-refractivity contribution in [2.45, 2.75) is 6.92 Å². The number of aromatic nitrogens is 2. The quantitative estimate of drug-likeness (QED) is 0.481. The van der Waals surface area contributed by atoms with Gasteiger partial charge in [0.15, 0.2) is 0 Å². The van der Waals surface area contributed by atoms with Crippen LogP contribution in [0.5, 0.6) is 0 Å². The highest BCUT2D eigenvalue weighted by Gasteiger charge is 2.13. The minimum atomic E-state index is -0.924. The largest absolute Gasteiger partial charge is 0.306 e. The second kappa shape index (κ2) is 8.21. The second-order valence-corrected chi connectivity index (χ2v) is 6.78. The number of nitrogens with zero attached hydrogens (tertiary/aromatic N) is 2. The Bertz CT molecular complexity index is 1210. The van der Waals surface area contributed by atoms with Gasteiger partial charge < -0.3 is 5.32 Å². The van der Waals surface area contributed by atoms with Gasteiger partial charge in [-0.2, -0.15) is 0 Å². The molecule has 30 heavy (non-hydrogen) atoms. The average Bonchev–Trinajstić information content (AvgIpc) is 2.75. The third-order valence-corrected chi connectivity index (χ3v) is 4.72. The monoisotopic (exact) mass is 401 g/mol. The molecule has 148 valence electrons. The summed E-state index contributed by atoms with van der Waals surface area (Å²) in [6, 6.07) is 16.3. The van der Waals surface area contributed by atoms with Gasteiger partial charge in [-0.3, -0.25) is 9.78 Å². The van der Waals surface area contributed by atoms with Gasteiger partial charge in [-0.15, -0.1) is 0 Å². The fourth-order valence-corrected chi connectivity index (χ4v) is 3.13. The molecule has 2 aromatic heterocycles. The van der Waals surface area contributed by atoms with Crippen LogP contribution in [0.2, 0.25) is 0 Å². The van der Waals surface area contributed by atoms with Crippen LogP contribution in [0.3, 0.4) is 0 Å². The van der Waals surface area contributed by atoms with E-state index in [2.05, 4.69) is 21.4 Å². The zero-order valence-corrected chi connectivity index (χ0v) is 16.1. The molecule has 0 spiro atoms. The predicted octanol–water partition coefficient (Wildman–Crippen LogP) is 5.65. The van der Waals surface area contributed by atoms with Crippen LogP contribution >= 0.6 is 0 Å². The van der Waals surface area contributed by atoms with Crippen LogP contribution < -0.4 is 5.32 Å². The molecule has 4 aromatic rings. The maximum atomic E-state index is 13.8. The van der Waals surface area contributed by atoms with Crippen LogP contribution in [-0.2, 0) is 0 Å². The lowest BCUT2D eigenvalue weighted by Gasteiger charge is -2.10. The van der Waals surface area contributed by atoms with Gasteiger partial charge >= 0.3 is 0 Å². The highest BCUT2D eigenvalue weighted by molar-refractivity contribution is 6.04. The zero-order chi connectivity index (χ0) is 21.1. The van der Waals surface area contributed by atoms with Crippen molar-refractivity contribution in [1.82, 2.24) is 9.97 Å². The highest BCUT2D eigenvalue weighted by atomic mass is 19.1. The van der Waals surface area contributed by atoms with Crippen LogP contribution in [0, 0.1) is 18.6 Å². The number of pyridine rings is 2. The van der Waals surface area contributed by atoms with Crippen molar-refractivity contribution in [2.75, 3.05) is 5.32 Å². The summed E-state index contributed by atoms with van der Waals surface area (Å²) in [5, 5.41) is 2.53. The van der Waals surface area contributed by atoms with Crippen LogP contribution in [-0.4, -0.2) is 15.9 Å². The number of amides is 1. The first-order chi connectivity index (χ1) is 14.5. The Morgan fingerprint density at radius 1 is 0.900 bits per heavy atom. The standard InChI is InChI=1S/C24H17F2N3O/c1-15-4-5-16(17-3-2-10-27-13-17)11-21(15)18-6-9-23(28-14-18)29-24(30)20-8-7-19(25)12-22(20)26/h2-14H,1H3,(H,28,29,30). The summed E-state index contributed by atoms with van der Waals surface area (Å²) in [7, 11) is 0. The van der Waals surface area contributed by atoms with E-state index in [-0.39, 0.29) is 11.4 Å². The Morgan fingerprint density at radius 2 is 1.73 bits per heavy atom. The van der Waals surface area contributed by atoms with Crippen molar-refractivity contribution in [3.63, 3.8) is 0 Å². The number of rotatable bonds is 4. The molecule has 0 saturated carbocycles. The number of anilines is 1. The molecule has 0 aliphatic carbocycles. The lowest BCUT2D eigenvalue weighted by Crippen LogP contribution is -2.14. The Balaban J connectivity index is 1.57. The van der Waals surface area contributed by atoms with Gasteiger partial charge in [-0.1, -0.05) is 18.2 Å². The molecule has 0 fully saturated rings. The first-order valence-corrected chi connectivity index (χ1v) is 9.25. The SMILES string of the molecule is Cc1ccc(-c2cccnc2)cc1-c1ccc(NC(=O)c2ccc(F)cc2F)nc1. The molecule has 4 rings (SSSR count). The number of carbonyl (C=O) groups excluding carboxylic acids is 1. The van der Waals surface area contributed by atoms with E-state index in [9.17, 15) is 13.6 Å². The maximum absolute atomic E-state index is 13.8. The summed E-state index contributed by atoms with van der Waals surface area (Å²) >= 11 is 0. The first kappa shape index (κ1) is 19.4. The molecule has 0 aliphatic rings. The van der Waals surface area contributed by atoms with Crippen molar-refractivity contribution in [2.24, 2.45) is 0 Å². The molecule has 2 heterocycles. The van der Waals surface area contributed by atoms with Gasteiger partial charge in [-0.05, 0) is 60.0 Å². The lowest BCUT2D eigenvalue weighted by molar-refractivity contribution is 0.102. The van der Waals surface area contributed by atoms with Gasteiger partial charge in [-0.25, -0.2) is 13.8 Å². The van der Waals surface area contributed by atoms with E-state index < -0.39 is 17.5 Å². The summed E-state index contributed by atoms with van der Waals surface area (Å²) in [4.78, 5) is 20.7. The van der Waals surface area contributed by atoms with Crippen molar-refractivity contribution < 1.29 is 13.6 Å². The van der Waals surface area contributed by atoms with E-state index >= 15 is 0 Å². The zero-order valence-electron chi connectivity index (χ0n) is 16.1. The lowest BCUT2D eigenvalue weighted by atomic mass is 9.97. The summed E-state index contributed by atoms with van der Waals surface area (Å²) in [6.07, 6.45) is 5.18. The molecule has 1 amide bonds. The fourth-order valence-electron chi connectivity index (χ4n) is 3.13. The Hall–Kier alpha value is -3.93. The topological polar surface area (TPSA) is 54.9 Å². The third-order valence-electron chi connectivity index (χ3n) is 4.72. The van der Waals surface area contributed by atoms with E-state index in [0.29, 0.717) is 6.07 Å². The minimum Gasteiger partial charge on any atom is -0.306 e. The minimum absolute atomic E-state index is 0.248. The van der Waals surface area contributed by atoms with Crippen molar-refractivity contribution in [1.29, 1.82) is 0 Å². The smallest absolute Gasteiger partial charge is 0.259 e. The molecule has 0 radical (unpaired) electrons. The van der Waals surface area contributed by atoms with Crippen LogP contribution in [0.1, 0.15) is 15.9 Å². The number of aryl methyl sites for hydroxylation is 1. The van der Waals surface area contributed by atoms with Gasteiger partial charge in [0.25, 0.3) is 5.91 Å². The van der Waals surface area contributed by atoms with E-state index in [1.165, 1.54) is 0 Å². The molecule has 0 saturated heterocycles. The molecule has 0 bridgehead atoms. The highest BCUT2D eigenvalue weighted by Crippen LogP contribution is 2.29. The van der Waals surface area contributed by atoms with Gasteiger partial charge in [0.1, 0.15) is 17.5 Å². The number of benzene rings is 2. The number of hydrogen-bond acceptors (Lipinski definition) is 3. The molecular weight excluding hydrogens is 384 g/mol. The molecular formula is C24H17F2N3O. The molecule has 2 aromatic carbocycles. The van der Waals surface area contributed by atoms with Gasteiger partial charge in [0.05, 0.1) is 5.56 Å². The van der Waals surface area contributed by atoms with Gasteiger partial charge in [0, 0.05) is 35.8 Å². The van der Waals surface area contributed by atoms with E-state index in [1.807, 2.05) is 37.3 Å². The second-order valence-electron chi connectivity index (χ2n) is 6.78. The number of carbonyl (C=O) groups is 1. The number of halogens is 2. The molecule has 0 atom stereocenters. The van der Waals surface area contributed by atoms with Gasteiger partial charge in [0.2, 0.25) is 0 Å². The van der Waals surface area contributed by atoms with E-state index in [0.717, 1.165) is 39.9 Å². The predicted molar refractivity (Wildman–Crippen MR) is 112 cm³/mol. The molecule has 0 unspecified atom stereocenters. The van der Waals surface area contributed by atoms with Crippen molar-refractivity contribution >= 4 is 11.7 Å². The normalized spacial score (nSPS) is 10.6. The Morgan fingerprint density at radius 3 is 2.43 bits per heavy atom. The van der Waals surface area contributed by atoms with E-state index in [1.54, 1.807) is 24.7 Å². The summed E-state index contributed by atoms with van der Waals surface area (Å²) < 4.78 is 26.8. The van der Waals surface area contributed by atoms with Crippen LogP contribution in [0.4, 0.5) is 14.6 Å². The maximum Gasteiger partial charge on any atom is 0.259 e. The Kier molecular flexibility index (Phi) is 5.30. The molecule has 1 N–H and O–H groups in total. The molecule has 4 nitrogen and oxygen atoms in total. The van der Waals surface area contributed by atoms with Crippen LogP contribution in [0.25, 0.3) is 22.3 Å². The molecule has 0 aliphatic heterocycles. The summed E-state index contributed by atoms with van der Waals surface area (Å²) in [5.74, 6) is -2.08. The van der Waals surface area contributed by atoms with Crippen molar-refractivity contribution in [3.05, 3.63) is 102 Å².